The molecule has 10 nitrogen and oxygen atoms in total. The number of likely N-dealkylation sites (N-methyl/N-ethyl adjacent to an activating group) is 1. The van der Waals surface area contributed by atoms with E-state index in [0.29, 0.717) is 31.1 Å². The number of hydrogen-bond acceptors (Lipinski definition) is 6. The van der Waals surface area contributed by atoms with Gasteiger partial charge in [-0.3, -0.25) is 14.4 Å². The number of likely N-dealkylation sites (tertiary alicyclic amines) is 2. The Kier molecular flexibility index (Phi) is 11.1. The normalized spacial score (nSPS) is 18.9. The number of halogens is 1. The van der Waals surface area contributed by atoms with Crippen molar-refractivity contribution in [1.82, 2.24) is 19.4 Å². The molecular formula is C27H37ClN4O6S. The lowest BCUT2D eigenvalue weighted by molar-refractivity contribution is -0.143. The average molecular weight is 581 g/mol. The first-order valence-electron chi connectivity index (χ1n) is 13.2. The number of piperidine rings is 1. The number of benzene rings is 2. The van der Waals surface area contributed by atoms with Crippen molar-refractivity contribution in [2.45, 2.75) is 56.5 Å². The zero-order valence-electron chi connectivity index (χ0n) is 22.4. The van der Waals surface area contributed by atoms with Crippen LogP contribution >= 0.6 is 11.6 Å². The van der Waals surface area contributed by atoms with Crippen molar-refractivity contribution >= 4 is 50.7 Å². The maximum Gasteiger partial charge on any atom is 0.290 e. The second kappa shape index (κ2) is 14.1. The first-order chi connectivity index (χ1) is 18.6. The summed E-state index contributed by atoms with van der Waals surface area (Å²) in [5.74, 6) is -0.460. The summed E-state index contributed by atoms with van der Waals surface area (Å²) in [5.41, 5.74) is 0. The van der Waals surface area contributed by atoms with Crippen molar-refractivity contribution in [3.05, 3.63) is 41.4 Å². The zero-order chi connectivity index (χ0) is 28.6. The summed E-state index contributed by atoms with van der Waals surface area (Å²) < 4.78 is 28.7. The van der Waals surface area contributed by atoms with E-state index in [0.717, 1.165) is 30.4 Å². The fraction of sp³-hybridized carbons (Fsp3) is 0.519. The minimum Gasteiger partial charge on any atom is -0.483 e. The summed E-state index contributed by atoms with van der Waals surface area (Å²) in [5, 5.41) is 9.03. The molecule has 214 valence electrons. The summed E-state index contributed by atoms with van der Waals surface area (Å²) in [7, 11) is -3.92. The molecule has 2 amide bonds. The number of hydrogen-bond donors (Lipinski definition) is 2. The van der Waals surface area contributed by atoms with E-state index in [2.05, 4.69) is 9.62 Å². The number of amides is 2. The van der Waals surface area contributed by atoms with Gasteiger partial charge in [0.05, 0.1) is 4.90 Å². The Morgan fingerprint density at radius 2 is 1.79 bits per heavy atom. The minimum absolute atomic E-state index is 0.0857. The van der Waals surface area contributed by atoms with Gasteiger partial charge >= 0.3 is 0 Å². The molecule has 0 spiro atoms. The molecule has 2 fully saturated rings. The second-order valence-corrected chi connectivity index (χ2v) is 11.9. The van der Waals surface area contributed by atoms with E-state index in [9.17, 15) is 18.0 Å². The molecular weight excluding hydrogens is 544 g/mol. The molecule has 0 aromatic heterocycles. The number of nitrogens with zero attached hydrogens (tertiary/aromatic N) is 3. The van der Waals surface area contributed by atoms with Crippen molar-refractivity contribution in [2.24, 2.45) is 0 Å². The van der Waals surface area contributed by atoms with Crippen molar-refractivity contribution < 1.29 is 27.9 Å². The highest BCUT2D eigenvalue weighted by Crippen LogP contribution is 2.24. The molecule has 2 aromatic rings. The molecule has 2 saturated heterocycles. The highest BCUT2D eigenvalue weighted by Gasteiger charge is 2.40. The Balaban J connectivity index is 0.00000134. The molecule has 2 aliphatic rings. The first kappa shape index (κ1) is 30.8. The number of nitrogens with one attached hydrogen (secondary N) is 1. The van der Waals surface area contributed by atoms with Gasteiger partial charge in [-0.15, -0.1) is 0 Å². The third kappa shape index (κ3) is 7.91. The summed E-state index contributed by atoms with van der Waals surface area (Å²) in [6.07, 6.45) is 3.98. The second-order valence-electron chi connectivity index (χ2n) is 9.75. The summed E-state index contributed by atoms with van der Waals surface area (Å²) in [6, 6.07) is 8.47. The molecule has 0 radical (unpaired) electrons. The third-order valence-electron chi connectivity index (χ3n) is 7.27. The van der Waals surface area contributed by atoms with Gasteiger partial charge in [-0.1, -0.05) is 30.2 Å². The lowest BCUT2D eigenvalue weighted by Gasteiger charge is -2.33. The predicted molar refractivity (Wildman–Crippen MR) is 150 cm³/mol. The summed E-state index contributed by atoms with van der Waals surface area (Å²) in [4.78, 5) is 40.5. The van der Waals surface area contributed by atoms with Crippen LogP contribution in [0.25, 0.3) is 10.8 Å². The minimum atomic E-state index is -3.92. The predicted octanol–water partition coefficient (Wildman–Crippen LogP) is 2.80. The fourth-order valence-electron chi connectivity index (χ4n) is 5.08. The SMILES string of the molecule is CCN(CCN1CCCCC1)C(=O)[C@H](C)N1CC[C@H](NS(=O)(=O)c2ccc3cc(Cl)ccc3c2)C1=O.O=CO. The van der Waals surface area contributed by atoms with Crippen LogP contribution < -0.4 is 4.72 Å². The van der Waals surface area contributed by atoms with Crippen LogP contribution in [0.15, 0.2) is 41.3 Å². The van der Waals surface area contributed by atoms with Crippen molar-refractivity contribution in [3.8, 4) is 0 Å². The van der Waals surface area contributed by atoms with Crippen LogP contribution in [0.2, 0.25) is 5.02 Å². The number of sulfonamides is 1. The van der Waals surface area contributed by atoms with Crippen molar-refractivity contribution in [1.29, 1.82) is 0 Å². The molecule has 0 bridgehead atoms. The van der Waals surface area contributed by atoms with E-state index >= 15 is 0 Å². The quantitative estimate of drug-likeness (QED) is 0.437. The molecule has 2 atom stereocenters. The molecule has 0 unspecified atom stereocenters. The van der Waals surface area contributed by atoms with Gasteiger partial charge < -0.3 is 19.8 Å². The Morgan fingerprint density at radius 1 is 1.15 bits per heavy atom. The zero-order valence-corrected chi connectivity index (χ0v) is 24.0. The summed E-state index contributed by atoms with van der Waals surface area (Å²) in [6.45, 7) is 7.93. The molecule has 0 aliphatic carbocycles. The number of rotatable bonds is 9. The first-order valence-corrected chi connectivity index (χ1v) is 15.1. The largest absolute Gasteiger partial charge is 0.483 e. The third-order valence-corrected chi connectivity index (χ3v) is 8.98. The smallest absolute Gasteiger partial charge is 0.290 e. The topological polar surface area (TPSA) is 127 Å². The molecule has 39 heavy (non-hydrogen) atoms. The van der Waals surface area contributed by atoms with Crippen LogP contribution in [-0.2, 0) is 24.4 Å². The Hall–Kier alpha value is -2.73. The Labute approximate surface area is 234 Å². The molecule has 2 N–H and O–H groups in total. The highest BCUT2D eigenvalue weighted by molar-refractivity contribution is 7.89. The van der Waals surface area contributed by atoms with Crippen LogP contribution in [0.5, 0.6) is 0 Å². The monoisotopic (exact) mass is 580 g/mol. The van der Waals surface area contributed by atoms with Crippen LogP contribution in [0, 0.1) is 0 Å². The van der Waals surface area contributed by atoms with E-state index < -0.39 is 22.1 Å². The van der Waals surface area contributed by atoms with Gasteiger partial charge in [-0.05, 0) is 81.2 Å². The van der Waals surface area contributed by atoms with Crippen molar-refractivity contribution in [2.75, 3.05) is 39.3 Å². The lowest BCUT2D eigenvalue weighted by Crippen LogP contribution is -2.51. The Morgan fingerprint density at radius 3 is 2.46 bits per heavy atom. The van der Waals surface area contributed by atoms with Gasteiger partial charge in [-0.2, -0.15) is 4.72 Å². The standard InChI is InChI=1S/C26H35ClN4O4S.CH2O2/c1-3-30(16-15-29-12-5-4-6-13-29)25(32)19(2)31-14-11-24(26(31)33)28-36(34,35)23-10-8-20-17-22(27)9-7-21(20)18-23;2-1-3/h7-10,17-19,24,28H,3-6,11-16H2,1-2H3;1H,(H,2,3)/t19-,24-;/m0./s1. The van der Waals surface area contributed by atoms with Gasteiger partial charge in [0.25, 0.3) is 6.47 Å². The van der Waals surface area contributed by atoms with E-state index in [1.165, 1.54) is 30.2 Å². The lowest BCUT2D eigenvalue weighted by atomic mass is 10.1. The van der Waals surface area contributed by atoms with Crippen molar-refractivity contribution in [3.63, 3.8) is 0 Å². The van der Waals surface area contributed by atoms with E-state index in [1.807, 2.05) is 6.92 Å². The maximum absolute atomic E-state index is 13.2. The van der Waals surface area contributed by atoms with Gasteiger partial charge in [-0.25, -0.2) is 8.42 Å². The number of carbonyl (C=O) groups excluding carboxylic acids is 2. The number of carboxylic acid groups (broad SMARTS) is 1. The molecule has 2 heterocycles. The van der Waals surface area contributed by atoms with E-state index in [4.69, 9.17) is 21.5 Å². The molecule has 4 rings (SSSR count). The molecule has 2 aliphatic heterocycles. The van der Waals surface area contributed by atoms with Crippen LogP contribution in [0.3, 0.4) is 0 Å². The number of fused-ring (bicyclic) bond motifs is 1. The Bertz CT molecular complexity index is 1270. The highest BCUT2D eigenvalue weighted by atomic mass is 35.5. The van der Waals surface area contributed by atoms with Gasteiger partial charge in [0.2, 0.25) is 21.8 Å². The summed E-state index contributed by atoms with van der Waals surface area (Å²) >= 11 is 6.02. The average Bonchev–Trinajstić information content (AvgIpc) is 3.28. The van der Waals surface area contributed by atoms with Crippen LogP contribution in [0.1, 0.15) is 39.5 Å². The maximum atomic E-state index is 13.2. The van der Waals surface area contributed by atoms with Gasteiger partial charge in [0.15, 0.2) is 0 Å². The van der Waals surface area contributed by atoms with Crippen LogP contribution in [0.4, 0.5) is 0 Å². The number of carbonyl (C=O) groups is 3. The molecule has 0 saturated carbocycles. The fourth-order valence-corrected chi connectivity index (χ4v) is 6.52. The van der Waals surface area contributed by atoms with E-state index in [1.54, 1.807) is 42.2 Å². The molecule has 12 heteroatoms. The molecule has 2 aromatic carbocycles. The van der Waals surface area contributed by atoms with Gasteiger partial charge in [0, 0.05) is 31.2 Å². The van der Waals surface area contributed by atoms with Crippen LogP contribution in [-0.4, -0.2) is 97.9 Å². The van der Waals surface area contributed by atoms with Gasteiger partial charge in [0.1, 0.15) is 12.1 Å². The van der Waals surface area contributed by atoms with E-state index in [-0.39, 0.29) is 23.2 Å².